The van der Waals surface area contributed by atoms with E-state index in [1.54, 1.807) is 0 Å². The van der Waals surface area contributed by atoms with Crippen LogP contribution < -0.4 is 11.1 Å². The van der Waals surface area contributed by atoms with Crippen molar-refractivity contribution < 1.29 is 23.5 Å². The number of halogens is 2. The van der Waals surface area contributed by atoms with E-state index in [0.29, 0.717) is 18.4 Å². The molecule has 0 bridgehead atoms. The van der Waals surface area contributed by atoms with E-state index in [2.05, 4.69) is 5.32 Å². The first-order valence-corrected chi connectivity index (χ1v) is 6.54. The zero-order valence-electron chi connectivity index (χ0n) is 11.6. The lowest BCUT2D eigenvalue weighted by molar-refractivity contribution is -0.142. The SMILES string of the molecule is C[C@@H](N)C(=O)NC(CCCc1ccc(F)c(F)c1)C(=O)O. The molecule has 2 atom stereocenters. The Morgan fingerprint density at radius 2 is 2.00 bits per heavy atom. The monoisotopic (exact) mass is 300 g/mol. The van der Waals surface area contributed by atoms with Crippen molar-refractivity contribution in [3.63, 3.8) is 0 Å². The average Bonchev–Trinajstić information content (AvgIpc) is 2.41. The molecule has 0 saturated carbocycles. The second kappa shape index (κ2) is 7.68. The summed E-state index contributed by atoms with van der Waals surface area (Å²) in [7, 11) is 0. The number of aliphatic carboxylic acids is 1. The molecule has 7 heteroatoms. The summed E-state index contributed by atoms with van der Waals surface area (Å²) in [5.41, 5.74) is 5.92. The summed E-state index contributed by atoms with van der Waals surface area (Å²) in [6, 6.07) is 1.70. The molecular weight excluding hydrogens is 282 g/mol. The van der Waals surface area contributed by atoms with E-state index in [0.717, 1.165) is 12.1 Å². The number of hydrogen-bond donors (Lipinski definition) is 3. The zero-order chi connectivity index (χ0) is 16.0. The molecule has 21 heavy (non-hydrogen) atoms. The Kier molecular flexibility index (Phi) is 6.23. The van der Waals surface area contributed by atoms with Crippen LogP contribution in [0.15, 0.2) is 18.2 Å². The summed E-state index contributed by atoms with van der Waals surface area (Å²) in [6.45, 7) is 1.45. The smallest absolute Gasteiger partial charge is 0.326 e. The highest BCUT2D eigenvalue weighted by atomic mass is 19.2. The van der Waals surface area contributed by atoms with Crippen LogP contribution in [-0.2, 0) is 16.0 Å². The molecule has 1 rings (SSSR count). The predicted molar refractivity (Wildman–Crippen MR) is 72.5 cm³/mol. The van der Waals surface area contributed by atoms with Gasteiger partial charge in [0.25, 0.3) is 0 Å². The second-order valence-electron chi connectivity index (χ2n) is 4.83. The molecule has 116 valence electrons. The summed E-state index contributed by atoms with van der Waals surface area (Å²) in [4.78, 5) is 22.4. The highest BCUT2D eigenvalue weighted by molar-refractivity contribution is 5.86. The van der Waals surface area contributed by atoms with Gasteiger partial charge in [-0.3, -0.25) is 4.79 Å². The van der Waals surface area contributed by atoms with Crippen molar-refractivity contribution in [3.8, 4) is 0 Å². The van der Waals surface area contributed by atoms with Crippen LogP contribution in [0.25, 0.3) is 0 Å². The lowest BCUT2D eigenvalue weighted by Crippen LogP contribution is -2.47. The molecule has 1 unspecified atom stereocenters. The maximum Gasteiger partial charge on any atom is 0.326 e. The lowest BCUT2D eigenvalue weighted by atomic mass is 10.0. The largest absolute Gasteiger partial charge is 0.480 e. The number of benzene rings is 1. The van der Waals surface area contributed by atoms with Crippen LogP contribution in [0.2, 0.25) is 0 Å². The summed E-state index contributed by atoms with van der Waals surface area (Å²) in [6.07, 6.45) is 0.961. The lowest BCUT2D eigenvalue weighted by Gasteiger charge is -2.15. The Bertz CT molecular complexity index is 521. The van der Waals surface area contributed by atoms with E-state index < -0.39 is 35.6 Å². The topological polar surface area (TPSA) is 92.4 Å². The predicted octanol–water partition coefficient (Wildman–Crippen LogP) is 1.20. The van der Waals surface area contributed by atoms with Crippen molar-refractivity contribution in [1.82, 2.24) is 5.32 Å². The summed E-state index contributed by atoms with van der Waals surface area (Å²) >= 11 is 0. The molecule has 0 fully saturated rings. The number of hydrogen-bond acceptors (Lipinski definition) is 3. The van der Waals surface area contributed by atoms with Gasteiger partial charge in [-0.15, -0.1) is 0 Å². The molecule has 0 radical (unpaired) electrons. The van der Waals surface area contributed by atoms with Crippen molar-refractivity contribution >= 4 is 11.9 Å². The molecule has 0 aromatic heterocycles. The van der Waals surface area contributed by atoms with Gasteiger partial charge in [0, 0.05) is 0 Å². The third-order valence-corrected chi connectivity index (χ3v) is 2.97. The molecular formula is C14H18F2N2O3. The van der Waals surface area contributed by atoms with Crippen molar-refractivity contribution in [3.05, 3.63) is 35.4 Å². The van der Waals surface area contributed by atoms with Crippen molar-refractivity contribution in [2.75, 3.05) is 0 Å². The van der Waals surface area contributed by atoms with E-state index in [9.17, 15) is 18.4 Å². The highest BCUT2D eigenvalue weighted by Gasteiger charge is 2.21. The first kappa shape index (κ1) is 17.0. The molecule has 1 aromatic carbocycles. The maximum atomic E-state index is 13.0. The third-order valence-electron chi connectivity index (χ3n) is 2.97. The van der Waals surface area contributed by atoms with E-state index in [-0.39, 0.29) is 6.42 Å². The van der Waals surface area contributed by atoms with Gasteiger partial charge >= 0.3 is 5.97 Å². The number of carbonyl (C=O) groups is 2. The standard InChI is InChI=1S/C14H18F2N2O3/c1-8(17)13(19)18-12(14(20)21)4-2-3-9-5-6-10(15)11(16)7-9/h5-8,12H,2-4,17H2,1H3,(H,18,19)(H,20,21)/t8-,12?/m1/s1. The third kappa shape index (κ3) is 5.47. The number of rotatable bonds is 7. The number of amides is 1. The molecule has 0 aliphatic rings. The van der Waals surface area contributed by atoms with E-state index in [1.165, 1.54) is 13.0 Å². The number of nitrogens with one attached hydrogen (secondary N) is 1. The fourth-order valence-electron chi connectivity index (χ4n) is 1.77. The first-order valence-electron chi connectivity index (χ1n) is 6.54. The van der Waals surface area contributed by atoms with Crippen molar-refractivity contribution in [1.29, 1.82) is 0 Å². The fourth-order valence-corrected chi connectivity index (χ4v) is 1.77. The molecule has 0 aliphatic heterocycles. The minimum Gasteiger partial charge on any atom is -0.480 e. The van der Waals surface area contributed by atoms with Gasteiger partial charge in [0.15, 0.2) is 11.6 Å². The van der Waals surface area contributed by atoms with Gasteiger partial charge < -0.3 is 16.2 Å². The zero-order valence-corrected chi connectivity index (χ0v) is 11.6. The molecule has 0 saturated heterocycles. The Hall–Kier alpha value is -2.02. The number of carbonyl (C=O) groups excluding carboxylic acids is 1. The highest BCUT2D eigenvalue weighted by Crippen LogP contribution is 2.12. The number of carboxylic acids is 1. The molecule has 5 nitrogen and oxygen atoms in total. The molecule has 1 amide bonds. The molecule has 0 spiro atoms. The fraction of sp³-hybridized carbons (Fsp3) is 0.429. The number of carboxylic acid groups (broad SMARTS) is 1. The Morgan fingerprint density at radius 1 is 1.33 bits per heavy atom. The van der Waals surface area contributed by atoms with Crippen LogP contribution in [0.1, 0.15) is 25.3 Å². The van der Waals surface area contributed by atoms with Crippen molar-refractivity contribution in [2.45, 2.75) is 38.3 Å². The van der Waals surface area contributed by atoms with Gasteiger partial charge in [0.1, 0.15) is 6.04 Å². The summed E-state index contributed by atoms with van der Waals surface area (Å²) in [5.74, 6) is -3.57. The van der Waals surface area contributed by atoms with E-state index >= 15 is 0 Å². The Labute approximate surface area is 121 Å². The van der Waals surface area contributed by atoms with Gasteiger partial charge in [-0.2, -0.15) is 0 Å². The Morgan fingerprint density at radius 3 is 2.52 bits per heavy atom. The molecule has 1 aromatic rings. The van der Waals surface area contributed by atoms with Crippen LogP contribution in [0.5, 0.6) is 0 Å². The minimum atomic E-state index is -1.16. The van der Waals surface area contributed by atoms with Crippen molar-refractivity contribution in [2.24, 2.45) is 5.73 Å². The van der Waals surface area contributed by atoms with Gasteiger partial charge in [0.2, 0.25) is 5.91 Å². The van der Waals surface area contributed by atoms with E-state index in [1.807, 2.05) is 0 Å². The Balaban J connectivity index is 2.52. The van der Waals surface area contributed by atoms with E-state index in [4.69, 9.17) is 10.8 Å². The molecule has 4 N–H and O–H groups in total. The van der Waals surface area contributed by atoms with Gasteiger partial charge in [-0.05, 0) is 43.9 Å². The van der Waals surface area contributed by atoms with Gasteiger partial charge in [0.05, 0.1) is 6.04 Å². The van der Waals surface area contributed by atoms with Crippen LogP contribution in [0.4, 0.5) is 8.78 Å². The van der Waals surface area contributed by atoms with Crippen LogP contribution >= 0.6 is 0 Å². The first-order chi connectivity index (χ1) is 9.81. The van der Waals surface area contributed by atoms with Crippen LogP contribution in [0.3, 0.4) is 0 Å². The number of nitrogens with two attached hydrogens (primary N) is 1. The van der Waals surface area contributed by atoms with Gasteiger partial charge in [-0.25, -0.2) is 13.6 Å². The van der Waals surface area contributed by atoms with Crippen LogP contribution in [0, 0.1) is 11.6 Å². The van der Waals surface area contributed by atoms with Gasteiger partial charge in [-0.1, -0.05) is 6.07 Å². The summed E-state index contributed by atoms with van der Waals surface area (Å²) < 4.78 is 25.8. The average molecular weight is 300 g/mol. The quantitative estimate of drug-likeness (QED) is 0.705. The second-order valence-corrected chi connectivity index (χ2v) is 4.83. The molecule has 0 heterocycles. The summed E-state index contributed by atoms with van der Waals surface area (Å²) in [5, 5.41) is 11.3. The van der Waals surface area contributed by atoms with Crippen LogP contribution in [-0.4, -0.2) is 29.1 Å². The maximum absolute atomic E-state index is 13.0. The number of aryl methyl sites for hydroxylation is 1. The molecule has 0 aliphatic carbocycles. The normalized spacial score (nSPS) is 13.5. The minimum absolute atomic E-state index is 0.173.